The third kappa shape index (κ3) is 2.84. The van der Waals surface area contributed by atoms with E-state index < -0.39 is 0 Å². The van der Waals surface area contributed by atoms with Crippen molar-refractivity contribution >= 4 is 11.3 Å². The second kappa shape index (κ2) is 5.80. The van der Waals surface area contributed by atoms with Gasteiger partial charge in [0.15, 0.2) is 0 Å². The molecule has 0 bridgehead atoms. The SMILES string of the molecule is Cc1ccsc1C(CN)OCCC1CCC1. The Hall–Kier alpha value is -0.380. The zero-order valence-electron chi connectivity index (χ0n) is 9.95. The molecule has 2 N–H and O–H groups in total. The van der Waals surface area contributed by atoms with E-state index in [2.05, 4.69) is 18.4 Å². The summed E-state index contributed by atoms with van der Waals surface area (Å²) in [6, 6.07) is 2.14. The van der Waals surface area contributed by atoms with Crippen molar-refractivity contribution in [2.75, 3.05) is 13.2 Å². The molecule has 1 aliphatic rings. The highest BCUT2D eigenvalue weighted by Gasteiger charge is 2.19. The maximum Gasteiger partial charge on any atom is 0.104 e. The van der Waals surface area contributed by atoms with Gasteiger partial charge in [0.2, 0.25) is 0 Å². The predicted molar refractivity (Wildman–Crippen MR) is 68.8 cm³/mol. The number of aryl methyl sites for hydroxylation is 1. The molecule has 3 heteroatoms. The second-order valence-corrected chi connectivity index (χ2v) is 5.60. The molecule has 1 saturated carbocycles. The van der Waals surface area contributed by atoms with Crippen LogP contribution >= 0.6 is 11.3 Å². The lowest BCUT2D eigenvalue weighted by Crippen LogP contribution is -2.19. The van der Waals surface area contributed by atoms with Crippen LogP contribution in [0, 0.1) is 12.8 Å². The summed E-state index contributed by atoms with van der Waals surface area (Å²) in [5, 5.41) is 2.11. The van der Waals surface area contributed by atoms with Gasteiger partial charge in [-0.3, -0.25) is 0 Å². The molecule has 1 aliphatic carbocycles. The summed E-state index contributed by atoms with van der Waals surface area (Å²) in [7, 11) is 0. The molecular weight excluding hydrogens is 218 g/mol. The second-order valence-electron chi connectivity index (χ2n) is 4.65. The van der Waals surface area contributed by atoms with Gasteiger partial charge in [-0.25, -0.2) is 0 Å². The average Bonchev–Trinajstić information content (AvgIpc) is 2.62. The van der Waals surface area contributed by atoms with Crippen LogP contribution in [0.1, 0.15) is 42.2 Å². The minimum Gasteiger partial charge on any atom is -0.371 e. The largest absolute Gasteiger partial charge is 0.371 e. The van der Waals surface area contributed by atoms with Crippen LogP contribution in [-0.2, 0) is 4.74 Å². The van der Waals surface area contributed by atoms with Gasteiger partial charge in [0.25, 0.3) is 0 Å². The van der Waals surface area contributed by atoms with E-state index in [4.69, 9.17) is 10.5 Å². The van der Waals surface area contributed by atoms with E-state index in [0.29, 0.717) is 6.54 Å². The summed E-state index contributed by atoms with van der Waals surface area (Å²) in [6.07, 6.45) is 5.53. The van der Waals surface area contributed by atoms with Crippen LogP contribution in [0.5, 0.6) is 0 Å². The molecule has 2 rings (SSSR count). The quantitative estimate of drug-likeness (QED) is 0.827. The van der Waals surface area contributed by atoms with Crippen LogP contribution in [-0.4, -0.2) is 13.2 Å². The standard InChI is InChI=1S/C13H21NOS/c1-10-6-8-16-13(10)12(9-14)15-7-5-11-3-2-4-11/h6,8,11-12H,2-5,7,9,14H2,1H3. The highest BCUT2D eigenvalue weighted by molar-refractivity contribution is 7.10. The fraction of sp³-hybridized carbons (Fsp3) is 0.692. The number of ether oxygens (including phenoxy) is 1. The maximum absolute atomic E-state index is 5.91. The van der Waals surface area contributed by atoms with E-state index in [0.717, 1.165) is 12.5 Å². The van der Waals surface area contributed by atoms with Gasteiger partial charge in [-0.05, 0) is 36.3 Å². The molecule has 0 amide bonds. The molecule has 90 valence electrons. The summed E-state index contributed by atoms with van der Waals surface area (Å²) >= 11 is 1.76. The smallest absolute Gasteiger partial charge is 0.104 e. The highest BCUT2D eigenvalue weighted by atomic mass is 32.1. The Morgan fingerprint density at radius 3 is 2.88 bits per heavy atom. The minimum atomic E-state index is 0.111. The van der Waals surface area contributed by atoms with Gasteiger partial charge in [-0.1, -0.05) is 19.3 Å². The van der Waals surface area contributed by atoms with Crippen molar-refractivity contribution in [3.63, 3.8) is 0 Å². The fourth-order valence-electron chi connectivity index (χ4n) is 2.12. The molecule has 1 aromatic heterocycles. The van der Waals surface area contributed by atoms with E-state index >= 15 is 0 Å². The van der Waals surface area contributed by atoms with Crippen molar-refractivity contribution in [3.05, 3.63) is 21.9 Å². The monoisotopic (exact) mass is 239 g/mol. The Kier molecular flexibility index (Phi) is 4.38. The third-order valence-corrected chi connectivity index (χ3v) is 4.59. The molecule has 0 aromatic carbocycles. The first-order chi connectivity index (χ1) is 7.81. The van der Waals surface area contributed by atoms with Gasteiger partial charge < -0.3 is 10.5 Å². The summed E-state index contributed by atoms with van der Waals surface area (Å²) in [5.41, 5.74) is 7.09. The van der Waals surface area contributed by atoms with Crippen molar-refractivity contribution in [3.8, 4) is 0 Å². The zero-order valence-corrected chi connectivity index (χ0v) is 10.8. The van der Waals surface area contributed by atoms with E-state index in [9.17, 15) is 0 Å². The van der Waals surface area contributed by atoms with Gasteiger partial charge in [0.1, 0.15) is 6.10 Å². The molecule has 0 saturated heterocycles. The first kappa shape index (κ1) is 12.1. The van der Waals surface area contributed by atoms with Crippen LogP contribution in [0.15, 0.2) is 11.4 Å². The van der Waals surface area contributed by atoms with Gasteiger partial charge >= 0.3 is 0 Å². The summed E-state index contributed by atoms with van der Waals surface area (Å²) in [5.74, 6) is 0.919. The Balaban J connectivity index is 1.78. The molecule has 16 heavy (non-hydrogen) atoms. The lowest BCUT2D eigenvalue weighted by molar-refractivity contribution is 0.0441. The van der Waals surface area contributed by atoms with E-state index in [1.165, 1.54) is 36.1 Å². The normalized spacial score (nSPS) is 18.4. The molecule has 0 aliphatic heterocycles. The number of thiophene rings is 1. The number of hydrogen-bond acceptors (Lipinski definition) is 3. The van der Waals surface area contributed by atoms with Crippen LogP contribution < -0.4 is 5.73 Å². The summed E-state index contributed by atoms with van der Waals surface area (Å²) in [6.45, 7) is 3.58. The van der Waals surface area contributed by atoms with Crippen molar-refractivity contribution in [1.82, 2.24) is 0 Å². The fourth-order valence-corrected chi connectivity index (χ4v) is 3.11. The molecule has 1 aromatic rings. The Bertz CT molecular complexity index is 319. The van der Waals surface area contributed by atoms with Gasteiger partial charge in [0.05, 0.1) is 0 Å². The van der Waals surface area contributed by atoms with Gasteiger partial charge in [-0.15, -0.1) is 11.3 Å². The van der Waals surface area contributed by atoms with E-state index in [1.807, 2.05) is 0 Å². The molecule has 0 spiro atoms. The summed E-state index contributed by atoms with van der Waals surface area (Å²) < 4.78 is 5.91. The molecule has 1 unspecified atom stereocenters. The molecule has 1 heterocycles. The topological polar surface area (TPSA) is 35.2 Å². The van der Waals surface area contributed by atoms with Crippen molar-refractivity contribution < 1.29 is 4.74 Å². The number of hydrogen-bond donors (Lipinski definition) is 1. The first-order valence-corrected chi connectivity index (χ1v) is 7.05. The molecule has 1 atom stereocenters. The Labute approximate surface area is 102 Å². The molecule has 2 nitrogen and oxygen atoms in total. The van der Waals surface area contributed by atoms with Crippen LogP contribution in [0.2, 0.25) is 0 Å². The van der Waals surface area contributed by atoms with Crippen molar-refractivity contribution in [1.29, 1.82) is 0 Å². The lowest BCUT2D eigenvalue weighted by Gasteiger charge is -2.26. The van der Waals surface area contributed by atoms with Crippen LogP contribution in [0.3, 0.4) is 0 Å². The van der Waals surface area contributed by atoms with Crippen LogP contribution in [0.25, 0.3) is 0 Å². The molecular formula is C13H21NOS. The minimum absolute atomic E-state index is 0.111. The number of nitrogens with two attached hydrogens (primary N) is 1. The Morgan fingerprint density at radius 2 is 2.38 bits per heavy atom. The molecule has 0 radical (unpaired) electrons. The van der Waals surface area contributed by atoms with Crippen molar-refractivity contribution in [2.24, 2.45) is 11.7 Å². The predicted octanol–water partition coefficient (Wildman–Crippen LogP) is 3.26. The van der Waals surface area contributed by atoms with Gasteiger partial charge in [0, 0.05) is 18.0 Å². The highest BCUT2D eigenvalue weighted by Crippen LogP contribution is 2.31. The Morgan fingerprint density at radius 1 is 1.56 bits per heavy atom. The number of rotatable bonds is 6. The third-order valence-electron chi connectivity index (χ3n) is 3.48. The van der Waals surface area contributed by atoms with Crippen molar-refractivity contribution in [2.45, 2.75) is 38.7 Å². The average molecular weight is 239 g/mol. The van der Waals surface area contributed by atoms with E-state index in [1.54, 1.807) is 11.3 Å². The molecule has 1 fully saturated rings. The maximum atomic E-state index is 5.91. The van der Waals surface area contributed by atoms with Crippen LogP contribution in [0.4, 0.5) is 0 Å². The summed E-state index contributed by atoms with van der Waals surface area (Å²) in [4.78, 5) is 1.30. The zero-order chi connectivity index (χ0) is 11.4. The first-order valence-electron chi connectivity index (χ1n) is 6.17. The lowest BCUT2D eigenvalue weighted by atomic mass is 9.83. The van der Waals surface area contributed by atoms with Gasteiger partial charge in [-0.2, -0.15) is 0 Å². The van der Waals surface area contributed by atoms with E-state index in [-0.39, 0.29) is 6.10 Å².